The number of esters is 1. The molecular weight excluding hydrogens is 694 g/mol. The third kappa shape index (κ3) is 6.57. The molecular formula is C35H27F3N4O6S2. The summed E-state index contributed by atoms with van der Waals surface area (Å²) in [5.74, 6) is 0.737. The van der Waals surface area contributed by atoms with Crippen LogP contribution in [0.2, 0.25) is 0 Å². The number of benzene rings is 2. The lowest BCUT2D eigenvalue weighted by Gasteiger charge is -2.25. The molecule has 0 saturated heterocycles. The zero-order chi connectivity index (χ0) is 35.0. The molecule has 0 N–H and O–H groups in total. The molecule has 2 aliphatic rings. The minimum atomic E-state index is -4.69. The van der Waals surface area contributed by atoms with Crippen molar-refractivity contribution in [2.24, 2.45) is 4.99 Å². The van der Waals surface area contributed by atoms with Crippen molar-refractivity contribution in [1.82, 2.24) is 14.5 Å². The monoisotopic (exact) mass is 720 g/mol. The predicted octanol–water partition coefficient (Wildman–Crippen LogP) is 6.53. The first-order chi connectivity index (χ1) is 24.1. The van der Waals surface area contributed by atoms with Crippen LogP contribution in [-0.2, 0) is 15.7 Å². The first-order valence-corrected chi connectivity index (χ1v) is 17.2. The summed E-state index contributed by atoms with van der Waals surface area (Å²) in [6.45, 7) is 3.87. The van der Waals surface area contributed by atoms with Gasteiger partial charge in [-0.25, -0.2) is 19.8 Å². The fraction of sp³-hybridized carbons (Fsp3) is 0.229. The minimum Gasteiger partial charge on any atom is -0.463 e. The molecule has 15 heteroatoms. The van der Waals surface area contributed by atoms with Crippen LogP contribution in [0.5, 0.6) is 11.5 Å². The van der Waals surface area contributed by atoms with Gasteiger partial charge in [-0.05, 0) is 61.0 Å². The van der Waals surface area contributed by atoms with Gasteiger partial charge in [-0.3, -0.25) is 9.36 Å². The van der Waals surface area contributed by atoms with Gasteiger partial charge in [-0.1, -0.05) is 61.1 Å². The number of hydrogen-bond donors (Lipinski definition) is 0. The highest BCUT2D eigenvalue weighted by Crippen LogP contribution is 2.39. The second-order valence-corrected chi connectivity index (χ2v) is 13.1. The van der Waals surface area contributed by atoms with Crippen molar-refractivity contribution in [2.75, 3.05) is 13.4 Å². The van der Waals surface area contributed by atoms with Crippen molar-refractivity contribution in [3.05, 3.63) is 115 Å². The number of carbonyl (C=O) groups is 1. The first kappa shape index (κ1) is 33.4. The molecule has 10 nitrogen and oxygen atoms in total. The van der Waals surface area contributed by atoms with E-state index in [-0.39, 0.29) is 45.2 Å². The van der Waals surface area contributed by atoms with E-state index in [1.807, 2.05) is 6.92 Å². The molecule has 2 aliphatic heterocycles. The van der Waals surface area contributed by atoms with Crippen LogP contribution in [0.4, 0.5) is 13.2 Å². The number of furan rings is 1. The van der Waals surface area contributed by atoms with E-state index < -0.39 is 29.4 Å². The van der Waals surface area contributed by atoms with Gasteiger partial charge in [0.25, 0.3) is 5.56 Å². The van der Waals surface area contributed by atoms with Crippen LogP contribution in [0.3, 0.4) is 0 Å². The number of carbonyl (C=O) groups excluding carboxylic acids is 1. The zero-order valence-electron chi connectivity index (χ0n) is 26.5. The molecule has 0 fully saturated rings. The molecule has 3 aromatic heterocycles. The molecule has 0 unspecified atom stereocenters. The number of fused-ring (bicyclic) bond motifs is 2. The first-order valence-electron chi connectivity index (χ1n) is 15.5. The molecule has 7 rings (SSSR count). The number of thiazole rings is 1. The van der Waals surface area contributed by atoms with E-state index >= 15 is 0 Å². The normalized spacial score (nSPS) is 15.6. The SMILES string of the molecule is CCCC1=C(C(=O)OCC)[C@H](c2ccc3c(c2)OCO3)n2c(s/c(=C/c3ccc(Sc4nc(-c5ccccc5)cc(C(F)(F)F)n4)o3)c2=O)=N1. The summed E-state index contributed by atoms with van der Waals surface area (Å²) in [4.78, 5) is 40.8. The van der Waals surface area contributed by atoms with E-state index in [9.17, 15) is 22.8 Å². The number of allylic oxidation sites excluding steroid dienone is 1. The van der Waals surface area contributed by atoms with E-state index in [1.54, 1.807) is 67.6 Å². The number of halogens is 3. The van der Waals surface area contributed by atoms with Gasteiger partial charge in [0.1, 0.15) is 11.5 Å². The van der Waals surface area contributed by atoms with Crippen molar-refractivity contribution >= 4 is 35.1 Å². The molecule has 1 atom stereocenters. The van der Waals surface area contributed by atoms with Crippen LogP contribution < -0.4 is 24.4 Å². The lowest BCUT2D eigenvalue weighted by molar-refractivity contribution is -0.141. The Bertz CT molecular complexity index is 2310. The molecule has 0 amide bonds. The molecule has 0 bridgehead atoms. The molecule has 0 spiro atoms. The smallest absolute Gasteiger partial charge is 0.433 e. The van der Waals surface area contributed by atoms with Gasteiger partial charge in [0.2, 0.25) is 6.79 Å². The highest BCUT2D eigenvalue weighted by molar-refractivity contribution is 7.99. The molecule has 50 heavy (non-hydrogen) atoms. The highest BCUT2D eigenvalue weighted by Gasteiger charge is 2.36. The maximum atomic E-state index is 14.1. The summed E-state index contributed by atoms with van der Waals surface area (Å²) in [5.41, 5.74) is 0.515. The Morgan fingerprint density at radius 1 is 1.06 bits per heavy atom. The minimum absolute atomic E-state index is 0.0563. The van der Waals surface area contributed by atoms with E-state index in [0.717, 1.165) is 29.2 Å². The number of hydrogen-bond acceptors (Lipinski definition) is 11. The van der Waals surface area contributed by atoms with Crippen LogP contribution in [0.1, 0.15) is 49.7 Å². The lowest BCUT2D eigenvalue weighted by Crippen LogP contribution is -2.40. The second-order valence-electron chi connectivity index (χ2n) is 11.1. The van der Waals surface area contributed by atoms with E-state index in [1.165, 1.54) is 10.6 Å². The molecule has 256 valence electrons. The van der Waals surface area contributed by atoms with Crippen LogP contribution in [-0.4, -0.2) is 33.9 Å². The summed E-state index contributed by atoms with van der Waals surface area (Å²) < 4.78 is 65.4. The van der Waals surface area contributed by atoms with Crippen LogP contribution >= 0.6 is 23.1 Å². The quantitative estimate of drug-likeness (QED) is 0.124. The van der Waals surface area contributed by atoms with Crippen LogP contribution in [0, 0.1) is 0 Å². The summed E-state index contributed by atoms with van der Waals surface area (Å²) in [7, 11) is 0. The van der Waals surface area contributed by atoms with Gasteiger partial charge in [-0.2, -0.15) is 13.2 Å². The largest absolute Gasteiger partial charge is 0.463 e. The average Bonchev–Trinajstić information content (AvgIpc) is 3.83. The molecule has 2 aromatic carbocycles. The van der Waals surface area contributed by atoms with Crippen LogP contribution in [0.25, 0.3) is 17.3 Å². The topological polar surface area (TPSA) is 118 Å². The number of alkyl halides is 3. The van der Waals surface area contributed by atoms with Crippen molar-refractivity contribution in [1.29, 1.82) is 0 Å². The standard InChI is InChI=1S/C35H27F3N4O6S2/c1-3-8-22-29(32(44)45-4-2)30(20-11-13-24-25(15-20)47-18-46-24)42-31(43)26(49-34(42)40-22)16-21-12-14-28(48-21)50-33-39-23(19-9-6-5-7-10-19)17-27(41-33)35(36,37)38/h5-7,9-17,30H,3-4,8,18H2,1-2H3/b26-16+/t30-/m0/s1. The van der Waals surface area contributed by atoms with Crippen LogP contribution in [0.15, 0.2) is 102 Å². The summed E-state index contributed by atoms with van der Waals surface area (Å²) in [6, 6.07) is 17.0. The average molecular weight is 721 g/mol. The van der Waals surface area contributed by atoms with Crippen molar-refractivity contribution in [3.8, 4) is 22.8 Å². The van der Waals surface area contributed by atoms with Gasteiger partial charge in [0.15, 0.2) is 26.5 Å². The van der Waals surface area contributed by atoms with Gasteiger partial charge in [0.05, 0.1) is 34.1 Å². The summed E-state index contributed by atoms with van der Waals surface area (Å²) in [5, 5.41) is 0.0630. The van der Waals surface area contributed by atoms with E-state index in [4.69, 9.17) is 23.6 Å². The van der Waals surface area contributed by atoms with E-state index in [0.29, 0.717) is 46.0 Å². The maximum Gasteiger partial charge on any atom is 0.433 e. The van der Waals surface area contributed by atoms with E-state index in [2.05, 4.69) is 9.97 Å². The van der Waals surface area contributed by atoms with Gasteiger partial charge >= 0.3 is 12.1 Å². The van der Waals surface area contributed by atoms with Crippen molar-refractivity contribution in [3.63, 3.8) is 0 Å². The summed E-state index contributed by atoms with van der Waals surface area (Å²) in [6.07, 6.45) is -1.99. The number of aromatic nitrogens is 3. The molecule has 0 aliphatic carbocycles. The Morgan fingerprint density at radius 3 is 2.62 bits per heavy atom. The molecule has 5 aromatic rings. The lowest BCUT2D eigenvalue weighted by atomic mass is 9.94. The van der Waals surface area contributed by atoms with Crippen molar-refractivity contribution < 1.29 is 36.6 Å². The predicted molar refractivity (Wildman–Crippen MR) is 177 cm³/mol. The molecule has 0 saturated carbocycles. The fourth-order valence-electron chi connectivity index (χ4n) is 5.58. The fourth-order valence-corrected chi connectivity index (χ4v) is 7.32. The van der Waals surface area contributed by atoms with Gasteiger partial charge < -0.3 is 18.6 Å². The number of rotatable bonds is 9. The van der Waals surface area contributed by atoms with Crippen molar-refractivity contribution in [2.45, 2.75) is 49.2 Å². The molecule has 0 radical (unpaired) electrons. The Balaban J connectivity index is 1.27. The highest BCUT2D eigenvalue weighted by atomic mass is 32.2. The Labute approximate surface area is 290 Å². The zero-order valence-corrected chi connectivity index (χ0v) is 28.2. The third-order valence-electron chi connectivity index (χ3n) is 7.74. The van der Waals surface area contributed by atoms with Gasteiger partial charge in [-0.15, -0.1) is 0 Å². The third-order valence-corrected chi connectivity index (χ3v) is 9.51. The van der Waals surface area contributed by atoms with Gasteiger partial charge in [0, 0.05) is 11.6 Å². The second kappa shape index (κ2) is 13.6. The Hall–Kier alpha value is -5.15. The Kier molecular flexibility index (Phi) is 9.09. The Morgan fingerprint density at radius 2 is 1.86 bits per heavy atom. The number of ether oxygens (including phenoxy) is 3. The number of nitrogens with zero attached hydrogens (tertiary/aromatic N) is 4. The summed E-state index contributed by atoms with van der Waals surface area (Å²) >= 11 is 1.95. The maximum absolute atomic E-state index is 14.1. The molecule has 5 heterocycles.